The summed E-state index contributed by atoms with van der Waals surface area (Å²) in [7, 11) is 0. The highest BCUT2D eigenvalue weighted by molar-refractivity contribution is 5.88. The molecule has 0 spiro atoms. The molecule has 0 saturated heterocycles. The maximum atomic E-state index is 12.3. The first kappa shape index (κ1) is 17.2. The molecule has 11 heteroatoms. The first-order chi connectivity index (χ1) is 11.3. The molecule has 0 saturated carbocycles. The fourth-order valence-electron chi connectivity index (χ4n) is 1.72. The number of aromatic nitrogens is 2. The number of amides is 1. The van der Waals surface area contributed by atoms with Crippen LogP contribution >= 0.6 is 0 Å². The van der Waals surface area contributed by atoms with Gasteiger partial charge in [-0.1, -0.05) is 12.1 Å². The van der Waals surface area contributed by atoms with Crippen LogP contribution < -0.4 is 19.9 Å². The molecule has 1 N–H and O–H groups in total. The second kappa shape index (κ2) is 7.44. The number of benzene rings is 1. The number of nitrogens with zero attached hydrogens (tertiary/aromatic N) is 2. The lowest BCUT2D eigenvalue weighted by molar-refractivity contribution is -0.242. The van der Waals surface area contributed by atoms with Crippen molar-refractivity contribution in [2.45, 2.75) is 13.2 Å². The van der Waals surface area contributed by atoms with Gasteiger partial charge in [0.25, 0.3) is 0 Å². The van der Waals surface area contributed by atoms with Gasteiger partial charge in [-0.2, -0.15) is 27.5 Å². The first-order valence-electron chi connectivity index (χ1n) is 6.21. The smallest absolute Gasteiger partial charge is 0.388 e. The summed E-state index contributed by atoms with van der Waals surface area (Å²) in [5.41, 5.74) is -0.0322. The number of rotatable bonds is 6. The molecule has 0 unspecified atom stereocenters. The van der Waals surface area contributed by atoms with Gasteiger partial charge < -0.3 is 24.7 Å². The van der Waals surface area contributed by atoms with E-state index < -0.39 is 31.1 Å². The predicted octanol–water partition coefficient (Wildman–Crippen LogP) is 2.10. The Balaban J connectivity index is 2.50. The lowest BCUT2D eigenvalue weighted by Crippen LogP contribution is -2.29. The quantitative estimate of drug-likeness (QED) is 0.805. The van der Waals surface area contributed by atoms with Gasteiger partial charge in [0.1, 0.15) is 6.09 Å². The maximum Gasteiger partial charge on any atom is 0.388 e. The zero-order chi connectivity index (χ0) is 17.7. The highest BCUT2D eigenvalue weighted by atomic mass is 19.3. The van der Waals surface area contributed by atoms with E-state index in [1.807, 2.05) is 5.32 Å². The summed E-state index contributed by atoms with van der Waals surface area (Å²) < 4.78 is 57.4. The Labute approximate surface area is 131 Å². The molecule has 2 aromatic rings. The molecule has 0 radical (unpaired) electrons. The SMILES string of the molecule is O=C([O-])Nc1ccccc1-c1nc(OC(F)F)cc(OC(F)F)n1. The molecule has 24 heavy (non-hydrogen) atoms. The largest absolute Gasteiger partial charge is 0.530 e. The molecule has 1 amide bonds. The van der Waals surface area contributed by atoms with Crippen LogP contribution in [-0.4, -0.2) is 29.3 Å². The van der Waals surface area contributed by atoms with Crippen LogP contribution in [0.25, 0.3) is 11.4 Å². The molecule has 0 aliphatic carbocycles. The monoisotopic (exact) mass is 346 g/mol. The minimum absolute atomic E-state index is 0.0144. The molecule has 1 aromatic heterocycles. The number of anilines is 1. The number of para-hydroxylation sites is 1. The zero-order valence-corrected chi connectivity index (χ0v) is 11.6. The standard InChI is InChI=1S/C13H9F4N3O4/c14-11(15)23-8-5-9(24-12(16)17)20-10(19-8)6-3-1-2-4-7(6)18-13(21)22/h1-5,11-12,18H,(H,21,22)/p-1. The van der Waals surface area contributed by atoms with E-state index in [1.165, 1.54) is 24.3 Å². The van der Waals surface area contributed by atoms with Gasteiger partial charge in [-0.3, -0.25) is 0 Å². The van der Waals surface area contributed by atoms with Gasteiger partial charge in [-0.15, -0.1) is 0 Å². The Bertz CT molecular complexity index is 702. The second-order valence-corrected chi connectivity index (χ2v) is 4.08. The topological polar surface area (TPSA) is 96.4 Å². The van der Waals surface area contributed by atoms with Crippen LogP contribution in [0.2, 0.25) is 0 Å². The second-order valence-electron chi connectivity index (χ2n) is 4.08. The van der Waals surface area contributed by atoms with Crippen LogP contribution in [0.15, 0.2) is 30.3 Å². The van der Waals surface area contributed by atoms with Gasteiger partial charge in [-0.25, -0.2) is 0 Å². The van der Waals surface area contributed by atoms with E-state index >= 15 is 0 Å². The molecule has 0 atom stereocenters. The molecule has 0 fully saturated rings. The van der Waals surface area contributed by atoms with Crippen LogP contribution in [0.5, 0.6) is 11.8 Å². The summed E-state index contributed by atoms with van der Waals surface area (Å²) in [5.74, 6) is -1.82. The van der Waals surface area contributed by atoms with Gasteiger partial charge in [0.05, 0.1) is 11.8 Å². The molecular weight excluding hydrogens is 338 g/mol. The lowest BCUT2D eigenvalue weighted by atomic mass is 10.1. The molecular formula is C13H8F4N3O4-. The van der Waals surface area contributed by atoms with Crippen LogP contribution in [0.1, 0.15) is 0 Å². The molecule has 0 aliphatic heterocycles. The van der Waals surface area contributed by atoms with Gasteiger partial charge in [0, 0.05) is 5.56 Å². The number of carbonyl (C=O) groups excluding carboxylic acids is 1. The number of nitrogens with one attached hydrogen (secondary N) is 1. The van der Waals surface area contributed by atoms with E-state index in [9.17, 15) is 27.5 Å². The average Bonchev–Trinajstić information content (AvgIpc) is 2.45. The fraction of sp³-hybridized carbons (Fsp3) is 0.154. The van der Waals surface area contributed by atoms with Crippen molar-refractivity contribution in [1.82, 2.24) is 9.97 Å². The Morgan fingerprint density at radius 2 is 1.58 bits per heavy atom. The first-order valence-corrected chi connectivity index (χ1v) is 6.21. The summed E-state index contributed by atoms with van der Waals surface area (Å²) in [6, 6.07) is 6.22. The Kier molecular flexibility index (Phi) is 5.35. The van der Waals surface area contributed by atoms with Crippen molar-refractivity contribution in [2.24, 2.45) is 0 Å². The van der Waals surface area contributed by atoms with Gasteiger partial charge in [-0.05, 0) is 12.1 Å². The number of carbonyl (C=O) groups is 1. The van der Waals surface area contributed by atoms with Crippen molar-refractivity contribution in [3.8, 4) is 23.1 Å². The van der Waals surface area contributed by atoms with Crippen molar-refractivity contribution in [1.29, 1.82) is 0 Å². The fourth-order valence-corrected chi connectivity index (χ4v) is 1.72. The third kappa shape index (κ3) is 4.69. The Morgan fingerprint density at radius 1 is 1.04 bits per heavy atom. The summed E-state index contributed by atoms with van der Waals surface area (Å²) in [4.78, 5) is 17.9. The van der Waals surface area contributed by atoms with E-state index in [-0.39, 0.29) is 17.1 Å². The maximum absolute atomic E-state index is 12.3. The van der Waals surface area contributed by atoms with E-state index in [0.717, 1.165) is 0 Å². The number of alkyl halides is 4. The number of carboxylic acid groups (broad SMARTS) is 1. The average molecular weight is 346 g/mol. The van der Waals surface area contributed by atoms with Crippen molar-refractivity contribution in [2.75, 3.05) is 5.32 Å². The number of hydrogen-bond donors (Lipinski definition) is 1. The summed E-state index contributed by atoms with van der Waals surface area (Å²) >= 11 is 0. The van der Waals surface area contributed by atoms with Crippen molar-refractivity contribution in [3.05, 3.63) is 30.3 Å². The third-order valence-corrected chi connectivity index (χ3v) is 2.50. The minimum atomic E-state index is -3.26. The van der Waals surface area contributed by atoms with Crippen molar-refractivity contribution < 1.29 is 36.9 Å². The summed E-state index contributed by atoms with van der Waals surface area (Å²) in [6.45, 7) is -6.52. The highest BCUT2D eigenvalue weighted by Crippen LogP contribution is 2.29. The normalized spacial score (nSPS) is 10.8. The van der Waals surface area contributed by atoms with Crippen LogP contribution in [0.4, 0.5) is 28.0 Å². The Morgan fingerprint density at radius 3 is 2.08 bits per heavy atom. The summed E-state index contributed by atoms with van der Waals surface area (Å²) in [6.07, 6.45) is -1.65. The molecule has 1 heterocycles. The van der Waals surface area contributed by atoms with E-state index in [2.05, 4.69) is 19.4 Å². The van der Waals surface area contributed by atoms with E-state index in [1.54, 1.807) is 0 Å². The number of halogens is 4. The van der Waals surface area contributed by atoms with Crippen molar-refractivity contribution >= 4 is 11.8 Å². The summed E-state index contributed by atoms with van der Waals surface area (Å²) in [5, 5.41) is 12.6. The number of hydrogen-bond acceptors (Lipinski definition) is 6. The minimum Gasteiger partial charge on any atom is -0.530 e. The van der Waals surface area contributed by atoms with Gasteiger partial charge >= 0.3 is 13.2 Å². The Hall–Kier alpha value is -3.11. The van der Waals surface area contributed by atoms with Crippen LogP contribution in [0, 0.1) is 0 Å². The predicted molar refractivity (Wildman–Crippen MR) is 69.8 cm³/mol. The molecule has 0 aliphatic rings. The molecule has 7 nitrogen and oxygen atoms in total. The lowest BCUT2D eigenvalue weighted by Gasteiger charge is -2.13. The van der Waals surface area contributed by atoms with Crippen molar-refractivity contribution in [3.63, 3.8) is 0 Å². The molecule has 128 valence electrons. The highest BCUT2D eigenvalue weighted by Gasteiger charge is 2.16. The van der Waals surface area contributed by atoms with Gasteiger partial charge in [0.15, 0.2) is 5.82 Å². The molecule has 1 aromatic carbocycles. The van der Waals surface area contributed by atoms with E-state index in [0.29, 0.717) is 6.07 Å². The van der Waals surface area contributed by atoms with Crippen LogP contribution in [-0.2, 0) is 0 Å². The van der Waals surface area contributed by atoms with E-state index in [4.69, 9.17) is 0 Å². The van der Waals surface area contributed by atoms with Gasteiger partial charge in [0.2, 0.25) is 11.8 Å². The zero-order valence-electron chi connectivity index (χ0n) is 11.6. The van der Waals surface area contributed by atoms with Crippen LogP contribution in [0.3, 0.4) is 0 Å². The number of ether oxygens (including phenoxy) is 2. The third-order valence-electron chi connectivity index (χ3n) is 2.50. The molecule has 0 bridgehead atoms. The molecule has 2 rings (SSSR count).